The lowest BCUT2D eigenvalue weighted by Crippen LogP contribution is -2.46. The van der Waals surface area contributed by atoms with Gasteiger partial charge in [0.2, 0.25) is 0 Å². The van der Waals surface area contributed by atoms with E-state index < -0.39 is 17.9 Å². The molecule has 8 heteroatoms. The summed E-state index contributed by atoms with van der Waals surface area (Å²) in [7, 11) is 0. The molecule has 1 atom stereocenters. The summed E-state index contributed by atoms with van der Waals surface area (Å²) in [6, 6.07) is 11.1. The highest BCUT2D eigenvalue weighted by Gasteiger charge is 2.16. The number of halogens is 1. The first kappa shape index (κ1) is 20.4. The van der Waals surface area contributed by atoms with Crippen molar-refractivity contribution >= 4 is 35.1 Å². The number of carbonyl (C=O) groups excluding carboxylic acids is 2. The Morgan fingerprint density at radius 2 is 1.97 bits per heavy atom. The molecule has 0 radical (unpaired) electrons. The van der Waals surface area contributed by atoms with Gasteiger partial charge in [-0.05, 0) is 56.2 Å². The average Bonchev–Trinajstić information content (AvgIpc) is 3.02. The number of rotatable bonds is 5. The number of aryl methyl sites for hydroxylation is 1. The number of nitrogens with one attached hydrogen (secondary N) is 2. The summed E-state index contributed by atoms with van der Waals surface area (Å²) >= 11 is 6.12. The Kier molecular flexibility index (Phi) is 6.19. The third-order valence-electron chi connectivity index (χ3n) is 4.45. The largest absolute Gasteiger partial charge is 0.481 e. The lowest BCUT2D eigenvalue weighted by molar-refractivity contribution is -0.131. The number of amides is 2. The van der Waals surface area contributed by atoms with Crippen molar-refractivity contribution < 1.29 is 14.3 Å². The van der Waals surface area contributed by atoms with E-state index in [1.54, 1.807) is 29.7 Å². The molecule has 0 saturated carbocycles. The van der Waals surface area contributed by atoms with E-state index >= 15 is 0 Å². The fourth-order valence-corrected chi connectivity index (χ4v) is 2.89. The average molecular weight is 413 g/mol. The van der Waals surface area contributed by atoms with Crippen LogP contribution >= 0.6 is 11.6 Å². The normalized spacial score (nSPS) is 12.1. The molecule has 150 valence electrons. The van der Waals surface area contributed by atoms with Crippen molar-refractivity contribution in [2.75, 3.05) is 0 Å². The van der Waals surface area contributed by atoms with Crippen LogP contribution in [-0.2, 0) is 9.59 Å². The minimum Gasteiger partial charge on any atom is -0.481 e. The summed E-state index contributed by atoms with van der Waals surface area (Å²) in [4.78, 5) is 28.4. The fraction of sp³-hybridized carbons (Fsp3) is 0.190. The van der Waals surface area contributed by atoms with Gasteiger partial charge in [-0.25, -0.2) is 4.98 Å². The molecule has 7 nitrogen and oxygen atoms in total. The highest BCUT2D eigenvalue weighted by Crippen LogP contribution is 2.21. The number of hydrazine groups is 1. The number of hydrogen-bond donors (Lipinski definition) is 2. The third kappa shape index (κ3) is 4.75. The molecule has 0 aliphatic rings. The molecular formula is C21H21ClN4O3. The summed E-state index contributed by atoms with van der Waals surface area (Å²) in [6.07, 6.45) is 3.80. The van der Waals surface area contributed by atoms with Gasteiger partial charge in [-0.1, -0.05) is 29.8 Å². The second kappa shape index (κ2) is 8.79. The number of pyridine rings is 1. The molecule has 2 heterocycles. The molecule has 0 spiro atoms. The quantitative estimate of drug-likeness (QED) is 0.497. The standard InChI is InChI=1S/C21H21ClN4O3/c1-13-7-6-8-17(14(13)2)29-15(3)21(28)25-24-19(27)11-10-16-20(22)23-18-9-4-5-12-26(16)18/h4-12,15H,1-3H3,(H,24,27)(H,25,28)/b11-10+/t15-/m0/s1. The Hall–Kier alpha value is -3.32. The molecule has 0 aliphatic carbocycles. The fourth-order valence-electron chi connectivity index (χ4n) is 2.65. The van der Waals surface area contributed by atoms with Crippen molar-refractivity contribution in [1.82, 2.24) is 20.2 Å². The molecule has 2 amide bonds. The van der Waals surface area contributed by atoms with E-state index in [0.717, 1.165) is 11.1 Å². The first-order valence-electron chi connectivity index (χ1n) is 9.00. The molecular weight excluding hydrogens is 392 g/mol. The van der Waals surface area contributed by atoms with E-state index in [4.69, 9.17) is 16.3 Å². The van der Waals surface area contributed by atoms with E-state index in [1.807, 2.05) is 38.1 Å². The molecule has 2 aromatic heterocycles. The predicted octanol–water partition coefficient (Wildman–Crippen LogP) is 3.23. The number of aromatic nitrogens is 2. The monoisotopic (exact) mass is 412 g/mol. The van der Waals surface area contributed by atoms with E-state index in [-0.39, 0.29) is 5.15 Å². The smallest absolute Gasteiger partial charge is 0.279 e. The van der Waals surface area contributed by atoms with Crippen molar-refractivity contribution in [2.24, 2.45) is 0 Å². The minimum absolute atomic E-state index is 0.278. The van der Waals surface area contributed by atoms with Gasteiger partial charge >= 0.3 is 0 Å². The van der Waals surface area contributed by atoms with Gasteiger partial charge in [0.1, 0.15) is 11.4 Å². The van der Waals surface area contributed by atoms with Crippen molar-refractivity contribution in [2.45, 2.75) is 26.9 Å². The minimum atomic E-state index is -0.784. The van der Waals surface area contributed by atoms with Crippen LogP contribution in [0.15, 0.2) is 48.7 Å². The number of carbonyl (C=O) groups is 2. The SMILES string of the molecule is Cc1cccc(O[C@@H](C)C(=O)NNC(=O)/C=C/c2c(Cl)nc3ccccn23)c1C. The van der Waals surface area contributed by atoms with Gasteiger partial charge in [0.15, 0.2) is 11.3 Å². The van der Waals surface area contributed by atoms with E-state index in [1.165, 1.54) is 12.2 Å². The van der Waals surface area contributed by atoms with Crippen LogP contribution in [0.5, 0.6) is 5.75 Å². The summed E-state index contributed by atoms with van der Waals surface area (Å²) in [5, 5.41) is 0.278. The zero-order valence-electron chi connectivity index (χ0n) is 16.3. The van der Waals surface area contributed by atoms with Gasteiger partial charge in [-0.3, -0.25) is 24.8 Å². The van der Waals surface area contributed by atoms with Crippen LogP contribution in [0.4, 0.5) is 0 Å². The maximum Gasteiger partial charge on any atom is 0.279 e. The number of ether oxygens (including phenoxy) is 1. The molecule has 29 heavy (non-hydrogen) atoms. The van der Waals surface area contributed by atoms with Crippen molar-refractivity contribution in [3.63, 3.8) is 0 Å². The van der Waals surface area contributed by atoms with E-state index in [9.17, 15) is 9.59 Å². The zero-order valence-corrected chi connectivity index (χ0v) is 17.0. The van der Waals surface area contributed by atoms with Gasteiger partial charge in [-0.15, -0.1) is 0 Å². The Morgan fingerprint density at radius 1 is 1.17 bits per heavy atom. The van der Waals surface area contributed by atoms with Crippen LogP contribution in [0.1, 0.15) is 23.7 Å². The Labute approximate surface area is 173 Å². The lowest BCUT2D eigenvalue weighted by Gasteiger charge is -2.17. The van der Waals surface area contributed by atoms with E-state index in [0.29, 0.717) is 17.1 Å². The topological polar surface area (TPSA) is 84.7 Å². The second-order valence-electron chi connectivity index (χ2n) is 6.49. The van der Waals surface area contributed by atoms with Crippen LogP contribution in [0, 0.1) is 13.8 Å². The number of benzene rings is 1. The Morgan fingerprint density at radius 3 is 2.76 bits per heavy atom. The van der Waals surface area contributed by atoms with Crippen LogP contribution in [-0.4, -0.2) is 27.3 Å². The number of imidazole rings is 1. The van der Waals surface area contributed by atoms with Gasteiger partial charge in [-0.2, -0.15) is 0 Å². The highest BCUT2D eigenvalue weighted by molar-refractivity contribution is 6.31. The number of fused-ring (bicyclic) bond motifs is 1. The summed E-state index contributed by atoms with van der Waals surface area (Å²) in [5.74, 6) is -0.360. The van der Waals surface area contributed by atoms with Crippen LogP contribution in [0.25, 0.3) is 11.7 Å². The molecule has 1 aromatic carbocycles. The van der Waals surface area contributed by atoms with Crippen molar-refractivity contribution in [3.8, 4) is 5.75 Å². The van der Waals surface area contributed by atoms with Crippen LogP contribution in [0.2, 0.25) is 5.15 Å². The molecule has 3 aromatic rings. The van der Waals surface area contributed by atoms with E-state index in [2.05, 4.69) is 15.8 Å². The summed E-state index contributed by atoms with van der Waals surface area (Å²) in [6.45, 7) is 5.50. The molecule has 0 fully saturated rings. The molecule has 2 N–H and O–H groups in total. The second-order valence-corrected chi connectivity index (χ2v) is 6.84. The lowest BCUT2D eigenvalue weighted by atomic mass is 10.1. The molecule has 0 bridgehead atoms. The summed E-state index contributed by atoms with van der Waals surface area (Å²) < 4.78 is 7.45. The van der Waals surface area contributed by atoms with Crippen LogP contribution < -0.4 is 15.6 Å². The first-order chi connectivity index (χ1) is 13.9. The van der Waals surface area contributed by atoms with Crippen molar-refractivity contribution in [3.05, 3.63) is 70.6 Å². The Bertz CT molecular complexity index is 1090. The van der Waals surface area contributed by atoms with Gasteiger partial charge in [0.05, 0.1) is 5.69 Å². The third-order valence-corrected chi connectivity index (χ3v) is 4.73. The first-order valence-corrected chi connectivity index (χ1v) is 9.38. The maximum atomic E-state index is 12.2. The predicted molar refractivity (Wildman–Crippen MR) is 112 cm³/mol. The molecule has 0 unspecified atom stereocenters. The van der Waals surface area contributed by atoms with Gasteiger partial charge < -0.3 is 4.74 Å². The zero-order chi connectivity index (χ0) is 21.0. The number of hydrogen-bond acceptors (Lipinski definition) is 4. The van der Waals surface area contributed by atoms with Crippen molar-refractivity contribution in [1.29, 1.82) is 0 Å². The molecule has 0 saturated heterocycles. The Balaban J connectivity index is 1.57. The summed E-state index contributed by atoms with van der Waals surface area (Å²) in [5.41, 5.74) is 7.94. The highest BCUT2D eigenvalue weighted by atomic mass is 35.5. The van der Waals surface area contributed by atoms with Gasteiger partial charge in [0.25, 0.3) is 11.8 Å². The molecule has 0 aliphatic heterocycles. The maximum absolute atomic E-state index is 12.2. The number of nitrogens with zero attached hydrogens (tertiary/aromatic N) is 2. The van der Waals surface area contributed by atoms with Gasteiger partial charge in [0, 0.05) is 12.3 Å². The van der Waals surface area contributed by atoms with Crippen LogP contribution in [0.3, 0.4) is 0 Å². The molecule has 3 rings (SSSR count).